The molecular weight excluding hydrogens is 345 g/mol. The predicted molar refractivity (Wildman–Crippen MR) is 89.7 cm³/mol. The number of hydrogen-bond donors (Lipinski definition) is 2. The summed E-state index contributed by atoms with van der Waals surface area (Å²) in [5.41, 5.74) is -0.395. The molecule has 26 heavy (non-hydrogen) atoms. The van der Waals surface area contributed by atoms with Crippen molar-refractivity contribution in [2.45, 2.75) is 32.7 Å². The zero-order chi connectivity index (χ0) is 19.5. The Morgan fingerprint density at radius 2 is 2.04 bits per heavy atom. The highest BCUT2D eigenvalue weighted by Gasteiger charge is 2.47. The molecule has 1 aliphatic heterocycles. The second-order valence-corrected chi connectivity index (χ2v) is 6.18. The normalized spacial score (nSPS) is 19.3. The van der Waals surface area contributed by atoms with Crippen LogP contribution in [0.15, 0.2) is 18.2 Å². The third-order valence-electron chi connectivity index (χ3n) is 4.16. The lowest BCUT2D eigenvalue weighted by Crippen LogP contribution is -2.43. The molecule has 140 valence electrons. The monoisotopic (exact) mass is 365 g/mol. The number of halogens is 1. The topological polar surface area (TPSA) is 105 Å². The molecule has 1 aliphatic rings. The maximum atomic E-state index is 13.4. The lowest BCUT2D eigenvalue weighted by Gasteiger charge is -2.18. The molecular formula is C17H20FN3O5. The number of benzene rings is 1. The van der Waals surface area contributed by atoms with Crippen LogP contribution < -0.4 is 10.6 Å². The van der Waals surface area contributed by atoms with Crippen LogP contribution in [0, 0.1) is 12.7 Å². The van der Waals surface area contributed by atoms with E-state index < -0.39 is 48.3 Å². The van der Waals surface area contributed by atoms with Gasteiger partial charge in [-0.1, -0.05) is 13.0 Å². The molecule has 1 aromatic rings. The zero-order valence-electron chi connectivity index (χ0n) is 14.7. The van der Waals surface area contributed by atoms with E-state index in [4.69, 9.17) is 4.74 Å². The number of nitrogens with zero attached hydrogens (tertiary/aromatic N) is 1. The van der Waals surface area contributed by atoms with E-state index in [1.54, 1.807) is 20.8 Å². The van der Waals surface area contributed by atoms with Gasteiger partial charge in [-0.05, 0) is 38.0 Å². The van der Waals surface area contributed by atoms with Crippen LogP contribution in [0.3, 0.4) is 0 Å². The first-order chi connectivity index (χ1) is 12.2. The first-order valence-corrected chi connectivity index (χ1v) is 8.02. The minimum absolute atomic E-state index is 0.224. The van der Waals surface area contributed by atoms with Gasteiger partial charge in [-0.2, -0.15) is 0 Å². The van der Waals surface area contributed by atoms with Crippen LogP contribution >= 0.6 is 0 Å². The second kappa shape index (κ2) is 7.51. The van der Waals surface area contributed by atoms with Crippen LogP contribution in [0.1, 0.15) is 25.8 Å². The number of carbonyl (C=O) groups is 4. The summed E-state index contributed by atoms with van der Waals surface area (Å²) in [5, 5.41) is 4.89. The number of esters is 1. The standard InChI is InChI=1S/C17H20FN3O5/c1-4-17(3)15(24)21(16(25)20-17)8-14(23)26-9-13(22)19-11-6-5-10(2)12(18)7-11/h5-7H,4,8-9H2,1-3H3,(H,19,22)(H,20,25)/t17-/m0/s1. The molecule has 4 amide bonds. The Morgan fingerprint density at radius 1 is 1.35 bits per heavy atom. The minimum atomic E-state index is -1.05. The molecule has 0 unspecified atom stereocenters. The quantitative estimate of drug-likeness (QED) is 0.585. The Kier molecular flexibility index (Phi) is 5.59. The summed E-state index contributed by atoms with van der Waals surface area (Å²) < 4.78 is 18.2. The summed E-state index contributed by atoms with van der Waals surface area (Å²) >= 11 is 0. The van der Waals surface area contributed by atoms with Gasteiger partial charge in [-0.3, -0.25) is 19.3 Å². The van der Waals surface area contributed by atoms with E-state index in [1.807, 2.05) is 0 Å². The summed E-state index contributed by atoms with van der Waals surface area (Å²) in [6.45, 7) is 3.67. The van der Waals surface area contributed by atoms with Crippen molar-refractivity contribution in [2.24, 2.45) is 0 Å². The maximum absolute atomic E-state index is 13.4. The van der Waals surface area contributed by atoms with Crippen LogP contribution in [0.4, 0.5) is 14.9 Å². The third-order valence-corrected chi connectivity index (χ3v) is 4.16. The van der Waals surface area contributed by atoms with E-state index >= 15 is 0 Å². The van der Waals surface area contributed by atoms with Gasteiger partial charge in [0, 0.05) is 5.69 Å². The van der Waals surface area contributed by atoms with Crippen molar-refractivity contribution in [3.63, 3.8) is 0 Å². The lowest BCUT2D eigenvalue weighted by atomic mass is 9.99. The molecule has 8 nitrogen and oxygen atoms in total. The second-order valence-electron chi connectivity index (χ2n) is 6.18. The van der Waals surface area contributed by atoms with Gasteiger partial charge in [-0.15, -0.1) is 0 Å². The molecule has 2 N–H and O–H groups in total. The van der Waals surface area contributed by atoms with Crippen molar-refractivity contribution in [2.75, 3.05) is 18.5 Å². The van der Waals surface area contributed by atoms with E-state index in [0.29, 0.717) is 12.0 Å². The minimum Gasteiger partial charge on any atom is -0.454 e. The average Bonchev–Trinajstić information content (AvgIpc) is 2.80. The van der Waals surface area contributed by atoms with Gasteiger partial charge in [0.1, 0.15) is 17.9 Å². The number of aryl methyl sites for hydroxylation is 1. The zero-order valence-corrected chi connectivity index (χ0v) is 14.7. The Morgan fingerprint density at radius 3 is 2.62 bits per heavy atom. The number of hydrogen-bond acceptors (Lipinski definition) is 5. The highest BCUT2D eigenvalue weighted by atomic mass is 19.1. The van der Waals surface area contributed by atoms with Crippen LogP contribution in [0.25, 0.3) is 0 Å². The summed E-state index contributed by atoms with van der Waals surface area (Å²) in [5.74, 6) is -2.57. The van der Waals surface area contributed by atoms with Crippen LogP contribution in [0.5, 0.6) is 0 Å². The van der Waals surface area contributed by atoms with E-state index in [0.717, 1.165) is 11.0 Å². The van der Waals surface area contributed by atoms with Crippen molar-refractivity contribution in [1.82, 2.24) is 10.2 Å². The highest BCUT2D eigenvalue weighted by Crippen LogP contribution is 2.20. The molecule has 1 aromatic carbocycles. The van der Waals surface area contributed by atoms with E-state index in [9.17, 15) is 23.6 Å². The molecule has 1 heterocycles. The number of carbonyl (C=O) groups excluding carboxylic acids is 4. The molecule has 2 rings (SSSR count). The molecule has 0 bridgehead atoms. The fourth-order valence-electron chi connectivity index (χ4n) is 2.32. The summed E-state index contributed by atoms with van der Waals surface area (Å²) in [4.78, 5) is 48.3. The summed E-state index contributed by atoms with van der Waals surface area (Å²) in [6, 6.07) is 3.47. The Balaban J connectivity index is 1.85. The van der Waals surface area contributed by atoms with Gasteiger partial charge in [0.25, 0.3) is 11.8 Å². The van der Waals surface area contributed by atoms with Crippen molar-refractivity contribution < 1.29 is 28.3 Å². The first kappa shape index (κ1) is 19.4. The van der Waals surface area contributed by atoms with Crippen molar-refractivity contribution in [3.8, 4) is 0 Å². The van der Waals surface area contributed by atoms with Gasteiger partial charge in [0.2, 0.25) is 0 Å². The number of imide groups is 1. The van der Waals surface area contributed by atoms with Gasteiger partial charge in [-0.25, -0.2) is 9.18 Å². The van der Waals surface area contributed by atoms with Crippen LogP contribution in [-0.2, 0) is 19.1 Å². The van der Waals surface area contributed by atoms with Gasteiger partial charge >= 0.3 is 12.0 Å². The average molecular weight is 365 g/mol. The molecule has 0 saturated carbocycles. The van der Waals surface area contributed by atoms with E-state index in [-0.39, 0.29) is 5.69 Å². The van der Waals surface area contributed by atoms with Crippen molar-refractivity contribution in [3.05, 3.63) is 29.6 Å². The van der Waals surface area contributed by atoms with Gasteiger partial charge in [0.15, 0.2) is 6.61 Å². The number of nitrogens with one attached hydrogen (secondary N) is 2. The Bertz CT molecular complexity index is 767. The van der Waals surface area contributed by atoms with Gasteiger partial charge < -0.3 is 15.4 Å². The fourth-order valence-corrected chi connectivity index (χ4v) is 2.32. The molecule has 1 saturated heterocycles. The maximum Gasteiger partial charge on any atom is 0.326 e. The predicted octanol–water partition coefficient (Wildman–Crippen LogP) is 1.34. The SMILES string of the molecule is CC[C@]1(C)NC(=O)N(CC(=O)OCC(=O)Nc2ccc(C)c(F)c2)C1=O. The number of urea groups is 1. The van der Waals surface area contributed by atoms with Gasteiger partial charge in [0.05, 0.1) is 0 Å². The third kappa shape index (κ3) is 4.16. The molecule has 1 atom stereocenters. The first-order valence-electron chi connectivity index (χ1n) is 8.02. The molecule has 0 spiro atoms. The number of amides is 4. The lowest BCUT2D eigenvalue weighted by molar-refractivity contribution is -0.150. The number of anilines is 1. The summed E-state index contributed by atoms with van der Waals surface area (Å²) in [7, 11) is 0. The largest absolute Gasteiger partial charge is 0.454 e. The van der Waals surface area contributed by atoms with E-state index in [1.165, 1.54) is 12.1 Å². The Hall–Kier alpha value is -2.97. The Labute approximate surface area is 149 Å². The smallest absolute Gasteiger partial charge is 0.326 e. The number of ether oxygens (including phenoxy) is 1. The highest BCUT2D eigenvalue weighted by molar-refractivity contribution is 6.08. The molecule has 9 heteroatoms. The van der Waals surface area contributed by atoms with Crippen LogP contribution in [-0.4, -0.2) is 47.4 Å². The molecule has 0 aromatic heterocycles. The van der Waals surface area contributed by atoms with Crippen molar-refractivity contribution >= 4 is 29.5 Å². The fraction of sp³-hybridized carbons (Fsp3) is 0.412. The molecule has 0 radical (unpaired) electrons. The van der Waals surface area contributed by atoms with E-state index in [2.05, 4.69) is 10.6 Å². The number of rotatable bonds is 6. The van der Waals surface area contributed by atoms with Crippen LogP contribution in [0.2, 0.25) is 0 Å². The summed E-state index contributed by atoms with van der Waals surface area (Å²) in [6.07, 6.45) is 0.374. The molecule has 1 fully saturated rings. The van der Waals surface area contributed by atoms with Crippen molar-refractivity contribution in [1.29, 1.82) is 0 Å². The molecule has 0 aliphatic carbocycles.